The maximum atomic E-state index is 12.7. The van der Waals surface area contributed by atoms with Crippen molar-refractivity contribution in [3.63, 3.8) is 0 Å². The molecule has 2 aromatic rings. The second kappa shape index (κ2) is 6.12. The summed E-state index contributed by atoms with van der Waals surface area (Å²) in [6.07, 6.45) is 4.52. The lowest BCUT2D eigenvalue weighted by molar-refractivity contribution is 0.872. The SMILES string of the molecule is C=Cc1c(C=NC)c2ccc(N3CCC(SF)C3)nc2n1C. The lowest BCUT2D eigenvalue weighted by Crippen LogP contribution is -2.21. The fraction of sp³-hybridized carbons (Fsp3) is 0.375. The van der Waals surface area contributed by atoms with Crippen LogP contribution in [0, 0.1) is 0 Å². The van der Waals surface area contributed by atoms with Gasteiger partial charge in [0, 0.05) is 56.5 Å². The smallest absolute Gasteiger partial charge is 0.143 e. The molecule has 6 heteroatoms. The van der Waals surface area contributed by atoms with Crippen LogP contribution in [0.5, 0.6) is 0 Å². The van der Waals surface area contributed by atoms with Crippen LogP contribution in [0.4, 0.5) is 9.70 Å². The van der Waals surface area contributed by atoms with E-state index in [4.69, 9.17) is 4.98 Å². The molecule has 1 fully saturated rings. The summed E-state index contributed by atoms with van der Waals surface area (Å²) >= 11 is 0.449. The summed E-state index contributed by atoms with van der Waals surface area (Å²) in [6.45, 7) is 5.45. The van der Waals surface area contributed by atoms with Crippen molar-refractivity contribution in [1.82, 2.24) is 9.55 Å². The summed E-state index contributed by atoms with van der Waals surface area (Å²) in [7, 11) is 3.74. The standard InChI is InChI=1S/C16H19FN4S/c1-4-14-13(9-18-2)12-5-6-15(19-16(12)20(14)3)21-8-7-11(10-21)22-17/h4-6,9,11H,1,7-8,10H2,2-3H3. The van der Waals surface area contributed by atoms with Crippen molar-refractivity contribution < 1.29 is 3.89 Å². The molecule has 0 saturated carbocycles. The Kier molecular flexibility index (Phi) is 4.20. The molecular formula is C16H19FN4S. The van der Waals surface area contributed by atoms with Gasteiger partial charge in [0.25, 0.3) is 0 Å². The van der Waals surface area contributed by atoms with Crippen LogP contribution < -0.4 is 4.90 Å². The number of halogens is 1. The zero-order chi connectivity index (χ0) is 15.7. The first-order chi connectivity index (χ1) is 10.7. The number of aryl methyl sites for hydroxylation is 1. The van der Waals surface area contributed by atoms with Gasteiger partial charge in [-0.1, -0.05) is 6.58 Å². The molecule has 0 spiro atoms. The molecule has 1 atom stereocenters. The minimum Gasteiger partial charge on any atom is -0.355 e. The predicted molar refractivity (Wildman–Crippen MR) is 93.6 cm³/mol. The van der Waals surface area contributed by atoms with Crippen LogP contribution in [0.15, 0.2) is 23.7 Å². The maximum absolute atomic E-state index is 12.7. The van der Waals surface area contributed by atoms with Crippen LogP contribution in [0.3, 0.4) is 0 Å². The largest absolute Gasteiger partial charge is 0.355 e. The number of pyridine rings is 1. The Morgan fingerprint density at radius 1 is 1.50 bits per heavy atom. The van der Waals surface area contributed by atoms with Gasteiger partial charge in [-0.15, -0.1) is 0 Å². The van der Waals surface area contributed by atoms with E-state index in [1.165, 1.54) is 0 Å². The molecule has 0 bridgehead atoms. The third-order valence-corrected chi connectivity index (χ3v) is 4.79. The first-order valence-corrected chi connectivity index (χ1v) is 8.04. The van der Waals surface area contributed by atoms with Crippen molar-refractivity contribution in [2.75, 3.05) is 25.0 Å². The van der Waals surface area contributed by atoms with Gasteiger partial charge in [0.1, 0.15) is 11.5 Å². The molecule has 1 aliphatic heterocycles. The molecular weight excluding hydrogens is 299 g/mol. The van der Waals surface area contributed by atoms with Gasteiger partial charge in [-0.2, -0.15) is 3.89 Å². The van der Waals surface area contributed by atoms with Gasteiger partial charge in [-0.05, 0) is 24.6 Å². The number of rotatable bonds is 4. The van der Waals surface area contributed by atoms with Crippen molar-refractivity contribution in [3.05, 3.63) is 30.0 Å². The second-order valence-electron chi connectivity index (χ2n) is 5.44. The molecule has 22 heavy (non-hydrogen) atoms. The summed E-state index contributed by atoms with van der Waals surface area (Å²) in [5.41, 5.74) is 2.94. The van der Waals surface area contributed by atoms with E-state index in [9.17, 15) is 3.89 Å². The fourth-order valence-corrected chi connectivity index (χ4v) is 3.46. The average molecular weight is 318 g/mol. The molecule has 0 aliphatic carbocycles. The summed E-state index contributed by atoms with van der Waals surface area (Å²) in [4.78, 5) is 11.1. The van der Waals surface area contributed by atoms with Gasteiger partial charge in [-0.3, -0.25) is 4.99 Å². The molecule has 3 rings (SSSR count). The number of fused-ring (bicyclic) bond motifs is 1. The quantitative estimate of drug-likeness (QED) is 0.810. The topological polar surface area (TPSA) is 33.4 Å². The molecule has 3 heterocycles. The summed E-state index contributed by atoms with van der Waals surface area (Å²) in [6, 6.07) is 4.07. The van der Waals surface area contributed by atoms with Gasteiger partial charge in [-0.25, -0.2) is 4.98 Å². The van der Waals surface area contributed by atoms with Crippen LogP contribution in [-0.2, 0) is 7.05 Å². The van der Waals surface area contributed by atoms with Gasteiger partial charge in [0.05, 0.1) is 10.9 Å². The van der Waals surface area contributed by atoms with E-state index >= 15 is 0 Å². The highest BCUT2D eigenvalue weighted by Crippen LogP contribution is 2.30. The monoisotopic (exact) mass is 318 g/mol. The Balaban J connectivity index is 2.07. The van der Waals surface area contributed by atoms with E-state index in [1.54, 1.807) is 7.05 Å². The van der Waals surface area contributed by atoms with Crippen LogP contribution in [0.25, 0.3) is 17.1 Å². The zero-order valence-corrected chi connectivity index (χ0v) is 13.6. The lowest BCUT2D eigenvalue weighted by Gasteiger charge is -2.16. The number of hydrogen-bond acceptors (Lipinski definition) is 4. The molecule has 116 valence electrons. The molecule has 0 radical (unpaired) electrons. The normalized spacial score (nSPS) is 18.7. The number of nitrogens with zero attached hydrogens (tertiary/aromatic N) is 4. The fourth-order valence-electron chi connectivity index (χ4n) is 3.03. The number of aliphatic imine (C=N–C) groups is 1. The van der Waals surface area contributed by atoms with Crippen LogP contribution >= 0.6 is 12.1 Å². The Hall–Kier alpha value is -1.82. The molecule has 4 nitrogen and oxygen atoms in total. The minimum absolute atomic E-state index is 0.0532. The summed E-state index contributed by atoms with van der Waals surface area (Å²) in [5, 5.41) is 1.11. The molecule has 0 aromatic carbocycles. The van der Waals surface area contributed by atoms with Crippen molar-refractivity contribution in [2.24, 2.45) is 12.0 Å². The highest BCUT2D eigenvalue weighted by molar-refractivity contribution is 7.95. The minimum atomic E-state index is 0.0532. The number of aromatic nitrogens is 2. The average Bonchev–Trinajstić information content (AvgIpc) is 3.11. The second-order valence-corrected chi connectivity index (χ2v) is 6.28. The highest BCUT2D eigenvalue weighted by atomic mass is 32.2. The van der Waals surface area contributed by atoms with Crippen molar-refractivity contribution in [1.29, 1.82) is 0 Å². The summed E-state index contributed by atoms with van der Waals surface area (Å²) in [5.74, 6) is 0.903. The maximum Gasteiger partial charge on any atom is 0.143 e. The Labute approximate surface area is 134 Å². The summed E-state index contributed by atoms with van der Waals surface area (Å²) < 4.78 is 14.8. The van der Waals surface area contributed by atoms with E-state index in [1.807, 2.05) is 30.0 Å². The van der Waals surface area contributed by atoms with Gasteiger partial charge >= 0.3 is 0 Å². The molecule has 0 amide bonds. The van der Waals surface area contributed by atoms with E-state index in [2.05, 4.69) is 22.5 Å². The Bertz CT molecular complexity index is 737. The third kappa shape index (κ3) is 2.41. The van der Waals surface area contributed by atoms with Crippen LogP contribution in [-0.4, -0.2) is 41.2 Å². The molecule has 1 aliphatic rings. The van der Waals surface area contributed by atoms with E-state index in [-0.39, 0.29) is 5.25 Å². The molecule has 0 N–H and O–H groups in total. The van der Waals surface area contributed by atoms with Crippen molar-refractivity contribution in [2.45, 2.75) is 11.7 Å². The number of anilines is 1. The third-order valence-electron chi connectivity index (χ3n) is 4.15. The van der Waals surface area contributed by atoms with Crippen molar-refractivity contribution >= 4 is 41.3 Å². The van der Waals surface area contributed by atoms with Gasteiger partial charge in [0.2, 0.25) is 0 Å². The Morgan fingerprint density at radius 3 is 2.95 bits per heavy atom. The Morgan fingerprint density at radius 2 is 2.32 bits per heavy atom. The first-order valence-electron chi connectivity index (χ1n) is 7.26. The molecule has 2 aromatic heterocycles. The predicted octanol–water partition coefficient (Wildman–Crippen LogP) is 3.46. The van der Waals surface area contributed by atoms with Gasteiger partial charge in [0.15, 0.2) is 0 Å². The van der Waals surface area contributed by atoms with Crippen LogP contribution in [0.1, 0.15) is 17.7 Å². The number of hydrogen-bond donors (Lipinski definition) is 0. The first kappa shape index (κ1) is 15.1. The van der Waals surface area contributed by atoms with Crippen molar-refractivity contribution in [3.8, 4) is 0 Å². The van der Waals surface area contributed by atoms with E-state index in [0.717, 1.165) is 41.1 Å². The van der Waals surface area contributed by atoms with E-state index in [0.29, 0.717) is 18.7 Å². The van der Waals surface area contributed by atoms with Gasteiger partial charge < -0.3 is 9.47 Å². The highest BCUT2D eigenvalue weighted by Gasteiger charge is 2.25. The molecule has 1 saturated heterocycles. The lowest BCUT2D eigenvalue weighted by atomic mass is 10.2. The molecule has 1 unspecified atom stereocenters. The zero-order valence-electron chi connectivity index (χ0n) is 12.8. The van der Waals surface area contributed by atoms with E-state index < -0.39 is 0 Å². The van der Waals surface area contributed by atoms with Crippen LogP contribution in [0.2, 0.25) is 0 Å².